The Kier molecular flexibility index (Phi) is 43.6. The fraction of sp³-hybridized carbons (Fsp3) is 0.920. The van der Waals surface area contributed by atoms with Crippen LogP contribution in [0.5, 0.6) is 0 Å². The van der Waals surface area contributed by atoms with Crippen molar-refractivity contribution in [1.29, 1.82) is 0 Å². The molecular formula is C50H97NO5. The molecule has 332 valence electrons. The van der Waals surface area contributed by atoms with E-state index in [0.717, 1.165) is 44.9 Å². The number of carbonyl (C=O) groups is 2. The van der Waals surface area contributed by atoms with Crippen LogP contribution in [0.4, 0.5) is 0 Å². The van der Waals surface area contributed by atoms with Crippen molar-refractivity contribution in [3.05, 3.63) is 12.2 Å². The molecule has 0 spiro atoms. The van der Waals surface area contributed by atoms with Crippen molar-refractivity contribution in [1.82, 2.24) is 5.32 Å². The molecule has 0 radical (unpaired) electrons. The molecule has 3 unspecified atom stereocenters. The minimum Gasteiger partial charge on any atom is -0.462 e. The molecule has 0 saturated carbocycles. The molecule has 0 fully saturated rings. The molecule has 0 aliphatic heterocycles. The van der Waals surface area contributed by atoms with Crippen molar-refractivity contribution < 1.29 is 24.5 Å². The van der Waals surface area contributed by atoms with Gasteiger partial charge in [-0.05, 0) is 51.4 Å². The number of hydrogen-bond donors (Lipinski definition) is 3. The Labute approximate surface area is 349 Å². The van der Waals surface area contributed by atoms with E-state index in [0.29, 0.717) is 19.3 Å². The van der Waals surface area contributed by atoms with E-state index in [2.05, 4.69) is 38.2 Å². The van der Waals surface area contributed by atoms with E-state index >= 15 is 0 Å². The van der Waals surface area contributed by atoms with Gasteiger partial charge in [-0.2, -0.15) is 0 Å². The average Bonchev–Trinajstić information content (AvgIpc) is 3.19. The highest BCUT2D eigenvalue weighted by Crippen LogP contribution is 2.18. The maximum absolute atomic E-state index is 13.1. The molecule has 0 bridgehead atoms. The van der Waals surface area contributed by atoms with E-state index in [9.17, 15) is 19.8 Å². The first kappa shape index (κ1) is 54.6. The van der Waals surface area contributed by atoms with Gasteiger partial charge in [0.25, 0.3) is 0 Å². The van der Waals surface area contributed by atoms with Crippen LogP contribution in [-0.4, -0.2) is 46.9 Å². The number of hydrogen-bond acceptors (Lipinski definition) is 5. The molecular weight excluding hydrogens is 695 g/mol. The lowest BCUT2D eigenvalue weighted by atomic mass is 10.0. The van der Waals surface area contributed by atoms with Gasteiger partial charge in [-0.15, -0.1) is 0 Å². The number of rotatable bonds is 45. The van der Waals surface area contributed by atoms with Gasteiger partial charge in [0.15, 0.2) is 0 Å². The molecule has 6 heteroatoms. The van der Waals surface area contributed by atoms with Gasteiger partial charge in [0.2, 0.25) is 5.91 Å². The summed E-state index contributed by atoms with van der Waals surface area (Å²) in [6.07, 6.45) is 48.4. The van der Waals surface area contributed by atoms with Crippen LogP contribution in [0.3, 0.4) is 0 Å². The summed E-state index contributed by atoms with van der Waals surface area (Å²) in [5, 5.41) is 23.7. The van der Waals surface area contributed by atoms with Gasteiger partial charge in [0.05, 0.1) is 25.2 Å². The maximum Gasteiger partial charge on any atom is 0.306 e. The van der Waals surface area contributed by atoms with Crippen LogP contribution in [0.2, 0.25) is 0 Å². The summed E-state index contributed by atoms with van der Waals surface area (Å²) in [5.41, 5.74) is 0. The zero-order valence-corrected chi connectivity index (χ0v) is 37.8. The zero-order valence-electron chi connectivity index (χ0n) is 37.8. The summed E-state index contributed by atoms with van der Waals surface area (Å²) >= 11 is 0. The summed E-state index contributed by atoms with van der Waals surface area (Å²) in [6, 6.07) is -0.694. The Morgan fingerprint density at radius 1 is 0.500 bits per heavy atom. The van der Waals surface area contributed by atoms with E-state index < -0.39 is 18.2 Å². The first-order valence-electron chi connectivity index (χ1n) is 24.9. The Morgan fingerprint density at radius 3 is 1.29 bits per heavy atom. The number of allylic oxidation sites excluding steroid dienone is 2. The maximum atomic E-state index is 13.1. The third-order valence-electron chi connectivity index (χ3n) is 11.6. The van der Waals surface area contributed by atoms with Crippen LogP contribution in [0.15, 0.2) is 12.2 Å². The van der Waals surface area contributed by atoms with E-state index in [1.165, 1.54) is 180 Å². The number of aliphatic hydroxyl groups excluding tert-OH is 2. The normalized spacial score (nSPS) is 13.3. The van der Waals surface area contributed by atoms with Gasteiger partial charge in [0, 0.05) is 6.42 Å². The number of esters is 1. The minimum absolute atomic E-state index is 0.0821. The first-order chi connectivity index (χ1) is 27.5. The van der Waals surface area contributed by atoms with Crippen molar-refractivity contribution in [2.45, 2.75) is 289 Å². The number of ether oxygens (including phenoxy) is 1. The molecule has 6 nitrogen and oxygen atoms in total. The molecule has 1 amide bonds. The second-order valence-electron chi connectivity index (χ2n) is 17.2. The van der Waals surface area contributed by atoms with Crippen LogP contribution in [0, 0.1) is 0 Å². The Balaban J connectivity index is 4.45. The highest BCUT2D eigenvalue weighted by atomic mass is 16.5. The topological polar surface area (TPSA) is 95.9 Å². The second kappa shape index (κ2) is 44.7. The van der Waals surface area contributed by atoms with E-state index in [4.69, 9.17) is 4.74 Å². The van der Waals surface area contributed by atoms with Crippen LogP contribution in [0.25, 0.3) is 0 Å². The number of unbranched alkanes of at least 4 members (excludes halogenated alkanes) is 31. The predicted molar refractivity (Wildman–Crippen MR) is 241 cm³/mol. The lowest BCUT2D eigenvalue weighted by molar-refractivity contribution is -0.151. The van der Waals surface area contributed by atoms with Gasteiger partial charge in [-0.25, -0.2) is 0 Å². The van der Waals surface area contributed by atoms with E-state index in [-0.39, 0.29) is 24.9 Å². The lowest BCUT2D eigenvalue weighted by Gasteiger charge is -2.24. The van der Waals surface area contributed by atoms with Crippen LogP contribution in [0.1, 0.15) is 271 Å². The summed E-state index contributed by atoms with van der Waals surface area (Å²) in [7, 11) is 0. The van der Waals surface area contributed by atoms with Gasteiger partial charge in [0.1, 0.15) is 6.10 Å². The minimum atomic E-state index is -0.781. The van der Waals surface area contributed by atoms with Crippen molar-refractivity contribution in [3.8, 4) is 0 Å². The van der Waals surface area contributed by atoms with Crippen molar-refractivity contribution in [2.75, 3.05) is 6.61 Å². The zero-order chi connectivity index (χ0) is 41.0. The van der Waals surface area contributed by atoms with Crippen molar-refractivity contribution in [2.24, 2.45) is 0 Å². The third kappa shape index (κ3) is 39.4. The molecule has 0 aromatic carbocycles. The number of nitrogens with one attached hydrogen (secondary N) is 1. The Bertz CT molecular complexity index is 847. The molecule has 0 aliphatic rings. The first-order valence-corrected chi connectivity index (χ1v) is 24.9. The molecule has 3 N–H and O–H groups in total. The van der Waals surface area contributed by atoms with Gasteiger partial charge < -0.3 is 20.3 Å². The van der Waals surface area contributed by atoms with Crippen LogP contribution < -0.4 is 5.32 Å². The number of carbonyl (C=O) groups excluding carboxylic acids is 2. The molecule has 3 atom stereocenters. The molecule has 0 aromatic rings. The molecule has 0 saturated heterocycles. The lowest BCUT2D eigenvalue weighted by Crippen LogP contribution is -2.46. The van der Waals surface area contributed by atoms with Crippen LogP contribution >= 0.6 is 0 Å². The summed E-state index contributed by atoms with van der Waals surface area (Å²) in [6.45, 7) is 6.47. The quantitative estimate of drug-likeness (QED) is 0.0324. The number of amides is 1. The SMILES string of the molecule is CCCCCC/C=C\CCCCCCCCCC(=O)OC(CCCCCCCCCCC)CC(=O)NC(CO)C(O)CCCCCCCCCCCCCCC. The van der Waals surface area contributed by atoms with Gasteiger partial charge in [-0.1, -0.05) is 219 Å². The summed E-state index contributed by atoms with van der Waals surface area (Å²) in [5.74, 6) is -0.467. The van der Waals surface area contributed by atoms with Crippen molar-refractivity contribution in [3.63, 3.8) is 0 Å². The second-order valence-corrected chi connectivity index (χ2v) is 17.2. The molecule has 0 aromatic heterocycles. The van der Waals surface area contributed by atoms with Gasteiger partial charge >= 0.3 is 5.97 Å². The largest absolute Gasteiger partial charge is 0.462 e. The molecule has 0 heterocycles. The molecule has 0 rings (SSSR count). The Hall–Kier alpha value is -1.40. The number of aliphatic hydroxyl groups is 2. The van der Waals surface area contributed by atoms with E-state index in [1.807, 2.05) is 0 Å². The molecule has 56 heavy (non-hydrogen) atoms. The average molecular weight is 792 g/mol. The smallest absolute Gasteiger partial charge is 0.306 e. The van der Waals surface area contributed by atoms with E-state index in [1.54, 1.807) is 0 Å². The predicted octanol–water partition coefficient (Wildman–Crippen LogP) is 14.6. The van der Waals surface area contributed by atoms with Crippen LogP contribution in [-0.2, 0) is 14.3 Å². The monoisotopic (exact) mass is 792 g/mol. The summed E-state index contributed by atoms with van der Waals surface area (Å²) in [4.78, 5) is 26.0. The summed E-state index contributed by atoms with van der Waals surface area (Å²) < 4.78 is 5.91. The fourth-order valence-electron chi connectivity index (χ4n) is 7.78. The van der Waals surface area contributed by atoms with Gasteiger partial charge in [-0.3, -0.25) is 9.59 Å². The highest BCUT2D eigenvalue weighted by Gasteiger charge is 2.24. The molecule has 0 aliphatic carbocycles. The fourth-order valence-corrected chi connectivity index (χ4v) is 7.78. The third-order valence-corrected chi connectivity index (χ3v) is 11.6. The standard InChI is InChI=1S/C50H97NO5/c1-4-7-10-13-16-19-21-23-24-26-28-31-34-37-40-43-50(55)56-46(41-38-35-32-29-18-15-12-9-6-3)44-49(54)51-47(45-52)48(53)42-39-36-33-30-27-25-22-20-17-14-11-8-5-2/h19,21,46-48,52-53H,4-18,20,22-45H2,1-3H3,(H,51,54)/b21-19-. The van der Waals surface area contributed by atoms with Crippen molar-refractivity contribution >= 4 is 11.9 Å². The Morgan fingerprint density at radius 2 is 0.857 bits per heavy atom. The highest BCUT2D eigenvalue weighted by molar-refractivity contribution is 5.77.